The van der Waals surface area contributed by atoms with Crippen LogP contribution >= 0.6 is 22.7 Å². The number of carbonyl (C=O) groups is 1. The van der Waals surface area contributed by atoms with Crippen molar-refractivity contribution in [2.45, 2.75) is 39.7 Å². The molecule has 0 spiro atoms. The van der Waals surface area contributed by atoms with Gasteiger partial charge in [0, 0.05) is 22.0 Å². The van der Waals surface area contributed by atoms with E-state index in [4.69, 9.17) is 0 Å². The van der Waals surface area contributed by atoms with Gasteiger partial charge in [0.25, 0.3) is 0 Å². The van der Waals surface area contributed by atoms with Crippen LogP contribution in [0.2, 0.25) is 0 Å². The summed E-state index contributed by atoms with van der Waals surface area (Å²) in [6.45, 7) is 6.22. The summed E-state index contributed by atoms with van der Waals surface area (Å²) < 4.78 is 1.46. The quantitative estimate of drug-likeness (QED) is 0.677. The number of benzene rings is 1. The van der Waals surface area contributed by atoms with Crippen molar-refractivity contribution >= 4 is 33.7 Å². The maximum absolute atomic E-state index is 12.2. The fourth-order valence-corrected chi connectivity index (χ4v) is 4.05. The highest BCUT2D eigenvalue weighted by Crippen LogP contribution is 2.27. The Morgan fingerprint density at radius 2 is 1.96 bits per heavy atom. The lowest BCUT2D eigenvalue weighted by Crippen LogP contribution is -2.25. The number of nitrogens with zero attached hydrogens (tertiary/aromatic N) is 2. The molecule has 5 nitrogen and oxygen atoms in total. The number of anilines is 1. The minimum Gasteiger partial charge on any atom is -0.300 e. The van der Waals surface area contributed by atoms with Crippen molar-refractivity contribution in [3.8, 4) is 11.3 Å². The predicted octanol–water partition coefficient (Wildman–Crippen LogP) is 4.49. The first-order valence-electron chi connectivity index (χ1n) is 8.48. The highest BCUT2D eigenvalue weighted by molar-refractivity contribution is 7.14. The molecule has 0 radical (unpaired) electrons. The van der Waals surface area contributed by atoms with Gasteiger partial charge in [-0.15, -0.1) is 11.3 Å². The Balaban J connectivity index is 1.68. The molecule has 0 fully saturated rings. The second-order valence-electron chi connectivity index (χ2n) is 6.25. The van der Waals surface area contributed by atoms with Crippen molar-refractivity contribution in [3.63, 3.8) is 0 Å². The first-order chi connectivity index (χ1) is 12.5. The van der Waals surface area contributed by atoms with Crippen molar-refractivity contribution in [2.75, 3.05) is 5.32 Å². The Hall–Kier alpha value is -2.25. The summed E-state index contributed by atoms with van der Waals surface area (Å²) in [6.07, 6.45) is 1.11. The third kappa shape index (κ3) is 4.11. The van der Waals surface area contributed by atoms with E-state index in [9.17, 15) is 9.59 Å². The second-order valence-corrected chi connectivity index (χ2v) is 7.93. The average molecular weight is 388 g/mol. The van der Waals surface area contributed by atoms with E-state index in [1.807, 2.05) is 12.3 Å². The first-order valence-corrected chi connectivity index (χ1v) is 10.2. The molecule has 1 N–H and O–H groups in total. The molecule has 0 aliphatic carbocycles. The van der Waals surface area contributed by atoms with Gasteiger partial charge in [-0.25, -0.2) is 4.98 Å². The van der Waals surface area contributed by atoms with Crippen LogP contribution in [-0.2, 0) is 11.3 Å². The Morgan fingerprint density at radius 1 is 1.23 bits per heavy atom. The SMILES string of the molecule is CCC(C)c1ccc(-c2csc(NC(=O)Cn3c(C)csc3=O)n2)cc1. The van der Waals surface area contributed by atoms with Gasteiger partial charge in [0.2, 0.25) is 5.91 Å². The zero-order valence-corrected chi connectivity index (χ0v) is 16.6. The summed E-state index contributed by atoms with van der Waals surface area (Å²) in [7, 11) is 0. The lowest BCUT2D eigenvalue weighted by atomic mass is 9.97. The minimum absolute atomic E-state index is 0.00663. The third-order valence-electron chi connectivity index (χ3n) is 4.42. The molecule has 0 aliphatic rings. The Bertz CT molecular complexity index is 954. The van der Waals surface area contributed by atoms with Crippen molar-refractivity contribution < 1.29 is 4.79 Å². The molecule has 3 rings (SSSR count). The van der Waals surface area contributed by atoms with Crippen molar-refractivity contribution in [2.24, 2.45) is 0 Å². The highest BCUT2D eigenvalue weighted by atomic mass is 32.1. The molecule has 1 amide bonds. The summed E-state index contributed by atoms with van der Waals surface area (Å²) in [4.78, 5) is 28.3. The molecule has 136 valence electrons. The summed E-state index contributed by atoms with van der Waals surface area (Å²) in [5, 5.41) is 6.99. The highest BCUT2D eigenvalue weighted by Gasteiger charge is 2.12. The van der Waals surface area contributed by atoms with Crippen LogP contribution in [0, 0.1) is 6.92 Å². The van der Waals surface area contributed by atoms with Crippen LogP contribution in [0.25, 0.3) is 11.3 Å². The van der Waals surface area contributed by atoms with Crippen molar-refractivity contribution in [3.05, 3.63) is 56.0 Å². The number of hydrogen-bond donors (Lipinski definition) is 1. The van der Waals surface area contributed by atoms with Gasteiger partial charge in [-0.05, 0) is 24.8 Å². The normalized spacial score (nSPS) is 12.1. The van der Waals surface area contributed by atoms with Crippen LogP contribution in [-0.4, -0.2) is 15.5 Å². The molecule has 1 atom stereocenters. The Kier molecular flexibility index (Phi) is 5.68. The number of rotatable bonds is 6. The number of hydrogen-bond acceptors (Lipinski definition) is 5. The van der Waals surface area contributed by atoms with E-state index in [1.54, 1.807) is 5.38 Å². The molecule has 0 aliphatic heterocycles. The molecule has 26 heavy (non-hydrogen) atoms. The van der Waals surface area contributed by atoms with Crippen LogP contribution in [0.1, 0.15) is 37.4 Å². The van der Waals surface area contributed by atoms with Gasteiger partial charge in [-0.1, -0.05) is 49.4 Å². The fraction of sp³-hybridized carbons (Fsp3) is 0.316. The third-order valence-corrected chi connectivity index (χ3v) is 6.06. The van der Waals surface area contributed by atoms with E-state index in [2.05, 4.69) is 48.4 Å². The number of aromatic nitrogens is 2. The smallest absolute Gasteiger partial charge is 0.300 e. The standard InChI is InChI=1S/C19H21N3O2S2/c1-4-12(2)14-5-7-15(8-6-14)16-11-25-18(20-16)21-17(23)9-22-13(3)10-26-19(22)24/h5-8,10-12H,4,9H2,1-3H3,(H,20,21,23). The van der Waals surface area contributed by atoms with E-state index in [-0.39, 0.29) is 17.3 Å². The maximum Gasteiger partial charge on any atom is 0.307 e. The van der Waals surface area contributed by atoms with E-state index in [1.165, 1.54) is 21.5 Å². The summed E-state index contributed by atoms with van der Waals surface area (Å²) in [5.41, 5.74) is 3.97. The van der Waals surface area contributed by atoms with E-state index in [0.717, 1.165) is 34.7 Å². The lowest BCUT2D eigenvalue weighted by molar-refractivity contribution is -0.116. The monoisotopic (exact) mass is 387 g/mol. The van der Waals surface area contributed by atoms with Gasteiger partial charge in [-0.3, -0.25) is 14.2 Å². The van der Waals surface area contributed by atoms with Gasteiger partial charge < -0.3 is 5.32 Å². The van der Waals surface area contributed by atoms with Crippen LogP contribution in [0.15, 0.2) is 39.8 Å². The predicted molar refractivity (Wildman–Crippen MR) is 108 cm³/mol. The molecule has 0 saturated heterocycles. The molecule has 2 aromatic heterocycles. The van der Waals surface area contributed by atoms with Crippen LogP contribution in [0.5, 0.6) is 0 Å². The Labute approximate surface area is 160 Å². The molecule has 0 saturated carbocycles. The minimum atomic E-state index is -0.249. The summed E-state index contributed by atoms with van der Waals surface area (Å²) >= 11 is 2.48. The number of carbonyl (C=O) groups excluding carboxylic acids is 1. The molecule has 1 unspecified atom stereocenters. The van der Waals surface area contributed by atoms with Gasteiger partial charge in [0.05, 0.1) is 5.69 Å². The maximum atomic E-state index is 12.2. The van der Waals surface area contributed by atoms with Gasteiger partial charge >= 0.3 is 4.87 Å². The molecule has 1 aromatic carbocycles. The van der Waals surface area contributed by atoms with E-state index >= 15 is 0 Å². The average Bonchev–Trinajstić information content (AvgIpc) is 3.23. The topological polar surface area (TPSA) is 64.0 Å². The van der Waals surface area contributed by atoms with Gasteiger partial charge in [-0.2, -0.15) is 0 Å². The molecular formula is C19H21N3O2S2. The zero-order chi connectivity index (χ0) is 18.7. The van der Waals surface area contributed by atoms with E-state index in [0.29, 0.717) is 11.0 Å². The number of thiazole rings is 2. The summed E-state index contributed by atoms with van der Waals surface area (Å²) in [6, 6.07) is 8.40. The van der Waals surface area contributed by atoms with Crippen LogP contribution in [0.4, 0.5) is 5.13 Å². The number of amides is 1. The first kappa shape index (κ1) is 18.5. The van der Waals surface area contributed by atoms with Gasteiger partial charge in [0.15, 0.2) is 5.13 Å². The van der Waals surface area contributed by atoms with Crippen molar-refractivity contribution in [1.82, 2.24) is 9.55 Å². The van der Waals surface area contributed by atoms with E-state index < -0.39 is 0 Å². The molecule has 2 heterocycles. The lowest BCUT2D eigenvalue weighted by Gasteiger charge is -2.08. The molecule has 0 bridgehead atoms. The number of nitrogens with one attached hydrogen (secondary N) is 1. The summed E-state index contributed by atoms with van der Waals surface area (Å²) in [5.74, 6) is 0.292. The zero-order valence-electron chi connectivity index (χ0n) is 15.0. The van der Waals surface area contributed by atoms with Gasteiger partial charge in [0.1, 0.15) is 6.54 Å². The van der Waals surface area contributed by atoms with Crippen LogP contribution in [0.3, 0.4) is 0 Å². The van der Waals surface area contributed by atoms with Crippen molar-refractivity contribution in [1.29, 1.82) is 0 Å². The van der Waals surface area contributed by atoms with Crippen LogP contribution < -0.4 is 10.2 Å². The second kappa shape index (κ2) is 7.97. The Morgan fingerprint density at radius 3 is 2.58 bits per heavy atom. The number of aryl methyl sites for hydroxylation is 1. The molecule has 3 aromatic rings. The molecule has 7 heteroatoms. The largest absolute Gasteiger partial charge is 0.307 e. The molecular weight excluding hydrogens is 366 g/mol. The fourth-order valence-electron chi connectivity index (χ4n) is 2.58.